The van der Waals surface area contributed by atoms with Gasteiger partial charge in [-0.2, -0.15) is 0 Å². The highest BCUT2D eigenvalue weighted by molar-refractivity contribution is 5.96. The maximum atomic E-state index is 11.8. The molecule has 1 heterocycles. The highest BCUT2D eigenvalue weighted by Gasteiger charge is 2.20. The number of methoxy groups -OCH3 is 1. The van der Waals surface area contributed by atoms with Gasteiger partial charge in [-0.25, -0.2) is 4.79 Å². The van der Waals surface area contributed by atoms with Crippen molar-refractivity contribution in [3.05, 3.63) is 24.0 Å². The highest BCUT2D eigenvalue weighted by atomic mass is 16.5. The summed E-state index contributed by atoms with van der Waals surface area (Å²) in [6.07, 6.45) is 3.22. The van der Waals surface area contributed by atoms with Crippen molar-refractivity contribution >= 4 is 11.9 Å². The Hall–Kier alpha value is -2.15. The minimum atomic E-state index is -1.11. The number of nitrogens with zero attached hydrogens (tertiary/aromatic N) is 1. The molecule has 0 spiro atoms. The molecule has 1 aromatic rings. The maximum Gasteiger partial charge on any atom is 0.326 e. The Morgan fingerprint density at radius 1 is 1.47 bits per heavy atom. The molecule has 1 atom stereocenters. The van der Waals surface area contributed by atoms with E-state index < -0.39 is 17.9 Å². The summed E-state index contributed by atoms with van der Waals surface area (Å²) in [5.41, 5.74) is 0.109. The molecule has 7 nitrogen and oxygen atoms in total. The van der Waals surface area contributed by atoms with Gasteiger partial charge < -0.3 is 20.3 Å². The van der Waals surface area contributed by atoms with E-state index in [1.165, 1.54) is 25.6 Å². The third kappa shape index (κ3) is 4.92. The molecule has 104 valence electrons. The molecule has 0 fully saturated rings. The first kappa shape index (κ1) is 14.9. The van der Waals surface area contributed by atoms with Crippen LogP contribution >= 0.6 is 0 Å². The number of pyridine rings is 1. The van der Waals surface area contributed by atoms with Crippen LogP contribution in [0.4, 0.5) is 0 Å². The van der Waals surface area contributed by atoms with Gasteiger partial charge in [-0.05, 0) is 18.9 Å². The van der Waals surface area contributed by atoms with Crippen molar-refractivity contribution in [2.24, 2.45) is 0 Å². The molecule has 7 heteroatoms. The Balaban J connectivity index is 2.63. The minimum Gasteiger partial charge on any atom is -0.506 e. The summed E-state index contributed by atoms with van der Waals surface area (Å²) in [6, 6.07) is 0.223. The molecule has 3 N–H and O–H groups in total. The molecule has 0 bridgehead atoms. The van der Waals surface area contributed by atoms with Gasteiger partial charge >= 0.3 is 5.97 Å². The van der Waals surface area contributed by atoms with Crippen molar-refractivity contribution in [3.8, 4) is 5.75 Å². The second kappa shape index (κ2) is 7.32. The predicted octanol–water partition coefficient (Wildman–Crippen LogP) is 0.397. The van der Waals surface area contributed by atoms with E-state index in [0.29, 0.717) is 13.0 Å². The van der Waals surface area contributed by atoms with Crippen LogP contribution in [0.15, 0.2) is 18.5 Å². The van der Waals surface area contributed by atoms with E-state index >= 15 is 0 Å². The molecule has 0 aromatic carbocycles. The fourth-order valence-electron chi connectivity index (χ4n) is 1.48. The number of carbonyl (C=O) groups excluding carboxylic acids is 1. The number of carboxylic acid groups (broad SMARTS) is 1. The van der Waals surface area contributed by atoms with Gasteiger partial charge in [0.2, 0.25) is 0 Å². The van der Waals surface area contributed by atoms with E-state index in [1.54, 1.807) is 0 Å². The number of rotatable bonds is 7. The third-order valence-electron chi connectivity index (χ3n) is 2.43. The van der Waals surface area contributed by atoms with Crippen LogP contribution in [0.25, 0.3) is 0 Å². The van der Waals surface area contributed by atoms with Crippen molar-refractivity contribution in [2.75, 3.05) is 13.7 Å². The number of hydrogen-bond donors (Lipinski definition) is 3. The van der Waals surface area contributed by atoms with Gasteiger partial charge in [-0.1, -0.05) is 0 Å². The number of hydrogen-bond acceptors (Lipinski definition) is 5. The summed E-state index contributed by atoms with van der Waals surface area (Å²) >= 11 is 0. The van der Waals surface area contributed by atoms with Crippen LogP contribution in [-0.4, -0.2) is 46.8 Å². The summed E-state index contributed by atoms with van der Waals surface area (Å²) in [4.78, 5) is 26.4. The van der Waals surface area contributed by atoms with Gasteiger partial charge in [-0.15, -0.1) is 0 Å². The second-order valence-electron chi connectivity index (χ2n) is 3.93. The summed E-state index contributed by atoms with van der Waals surface area (Å²) in [5.74, 6) is -1.86. The molecule has 0 aliphatic carbocycles. The van der Waals surface area contributed by atoms with Crippen molar-refractivity contribution < 1.29 is 24.5 Å². The largest absolute Gasteiger partial charge is 0.506 e. The minimum absolute atomic E-state index is 0.109. The number of carboxylic acids is 1. The number of carbonyl (C=O) groups is 2. The van der Waals surface area contributed by atoms with Gasteiger partial charge in [0.05, 0.1) is 11.8 Å². The standard InChI is InChI=1S/C12H16N2O5/c1-19-4-2-3-10(12(17)18)14-11(16)8-5-9(15)7-13-6-8/h5-7,10,15H,2-4H2,1H3,(H,14,16)(H,17,18). The Labute approximate surface area is 110 Å². The van der Waals surface area contributed by atoms with Crippen LogP contribution in [0.5, 0.6) is 5.75 Å². The van der Waals surface area contributed by atoms with Crippen molar-refractivity contribution in [1.29, 1.82) is 0 Å². The average molecular weight is 268 g/mol. The van der Waals surface area contributed by atoms with E-state index in [0.717, 1.165) is 0 Å². The Morgan fingerprint density at radius 2 is 2.21 bits per heavy atom. The molecule has 0 radical (unpaired) electrons. The van der Waals surface area contributed by atoms with Crippen LogP contribution in [0, 0.1) is 0 Å². The summed E-state index contributed by atoms with van der Waals surface area (Å²) in [6.45, 7) is 0.424. The smallest absolute Gasteiger partial charge is 0.326 e. The van der Waals surface area contributed by atoms with Crippen molar-refractivity contribution in [3.63, 3.8) is 0 Å². The predicted molar refractivity (Wildman–Crippen MR) is 65.9 cm³/mol. The Morgan fingerprint density at radius 3 is 2.79 bits per heavy atom. The Kier molecular flexibility index (Phi) is 5.74. The highest BCUT2D eigenvalue weighted by Crippen LogP contribution is 2.09. The molecular weight excluding hydrogens is 252 g/mol. The van der Waals surface area contributed by atoms with E-state index in [4.69, 9.17) is 9.84 Å². The molecule has 1 rings (SSSR count). The third-order valence-corrected chi connectivity index (χ3v) is 2.43. The van der Waals surface area contributed by atoms with E-state index in [1.807, 2.05) is 0 Å². The van der Waals surface area contributed by atoms with E-state index in [-0.39, 0.29) is 17.7 Å². The van der Waals surface area contributed by atoms with Crippen LogP contribution in [0.2, 0.25) is 0 Å². The average Bonchev–Trinajstić information content (AvgIpc) is 2.37. The number of aliphatic carboxylic acids is 1. The zero-order chi connectivity index (χ0) is 14.3. The monoisotopic (exact) mass is 268 g/mol. The normalized spacial score (nSPS) is 11.8. The van der Waals surface area contributed by atoms with Gasteiger partial charge in [0, 0.05) is 19.9 Å². The van der Waals surface area contributed by atoms with E-state index in [9.17, 15) is 14.7 Å². The summed E-state index contributed by atoms with van der Waals surface area (Å²) in [5, 5.41) is 20.6. The number of nitrogens with one attached hydrogen (secondary N) is 1. The van der Waals surface area contributed by atoms with Gasteiger partial charge in [0.25, 0.3) is 5.91 Å². The first-order chi connectivity index (χ1) is 9.04. The van der Waals surface area contributed by atoms with Crippen molar-refractivity contribution in [2.45, 2.75) is 18.9 Å². The van der Waals surface area contributed by atoms with Crippen LogP contribution < -0.4 is 5.32 Å². The quantitative estimate of drug-likeness (QED) is 0.617. The van der Waals surface area contributed by atoms with Crippen LogP contribution in [0.3, 0.4) is 0 Å². The van der Waals surface area contributed by atoms with Gasteiger partial charge in [0.15, 0.2) is 0 Å². The molecule has 1 amide bonds. The van der Waals surface area contributed by atoms with Gasteiger partial charge in [0.1, 0.15) is 11.8 Å². The zero-order valence-electron chi connectivity index (χ0n) is 10.5. The molecule has 1 aromatic heterocycles. The molecule has 0 saturated heterocycles. The number of aromatic hydroxyl groups is 1. The van der Waals surface area contributed by atoms with Crippen molar-refractivity contribution in [1.82, 2.24) is 10.3 Å². The first-order valence-corrected chi connectivity index (χ1v) is 5.71. The lowest BCUT2D eigenvalue weighted by Gasteiger charge is -2.14. The molecule has 0 aliphatic rings. The SMILES string of the molecule is COCCCC(NC(=O)c1cncc(O)c1)C(=O)O. The molecule has 0 aliphatic heterocycles. The van der Waals surface area contributed by atoms with E-state index in [2.05, 4.69) is 10.3 Å². The zero-order valence-corrected chi connectivity index (χ0v) is 10.5. The second-order valence-corrected chi connectivity index (χ2v) is 3.93. The number of ether oxygens (including phenoxy) is 1. The fourth-order valence-corrected chi connectivity index (χ4v) is 1.48. The summed E-state index contributed by atoms with van der Waals surface area (Å²) in [7, 11) is 1.52. The first-order valence-electron chi connectivity index (χ1n) is 5.71. The lowest BCUT2D eigenvalue weighted by Crippen LogP contribution is -2.40. The van der Waals surface area contributed by atoms with Gasteiger partial charge in [-0.3, -0.25) is 9.78 Å². The lowest BCUT2D eigenvalue weighted by molar-refractivity contribution is -0.139. The summed E-state index contributed by atoms with van der Waals surface area (Å²) < 4.78 is 4.83. The molecule has 1 unspecified atom stereocenters. The molecule has 19 heavy (non-hydrogen) atoms. The Bertz CT molecular complexity index is 450. The number of amides is 1. The maximum absolute atomic E-state index is 11.8. The lowest BCUT2D eigenvalue weighted by atomic mass is 10.1. The topological polar surface area (TPSA) is 109 Å². The van der Waals surface area contributed by atoms with Crippen LogP contribution in [0.1, 0.15) is 23.2 Å². The number of aromatic nitrogens is 1. The molecule has 0 saturated carbocycles. The molecular formula is C12H16N2O5. The fraction of sp³-hybridized carbons (Fsp3) is 0.417. The van der Waals surface area contributed by atoms with Crippen LogP contribution in [-0.2, 0) is 9.53 Å².